The van der Waals surface area contributed by atoms with E-state index in [1.807, 2.05) is 0 Å². The molecule has 0 atom stereocenters. The third-order valence-corrected chi connectivity index (χ3v) is 3.29. The Balaban J connectivity index is 2.14. The molecule has 0 aromatic heterocycles. The van der Waals surface area contributed by atoms with Crippen LogP contribution in [-0.2, 0) is 4.79 Å². The number of hydrogen-bond acceptors (Lipinski definition) is 6. The van der Waals surface area contributed by atoms with Crippen LogP contribution < -0.4 is 16.1 Å². The lowest BCUT2D eigenvalue weighted by molar-refractivity contribution is -0.115. The molecule has 2 aromatic carbocycles. The minimum absolute atomic E-state index is 0.0117. The number of amides is 1. The smallest absolute Gasteiger partial charge is 0.337 e. The summed E-state index contributed by atoms with van der Waals surface area (Å²) in [7, 11) is 0. The van der Waals surface area contributed by atoms with E-state index >= 15 is 0 Å². The first-order valence-electron chi connectivity index (χ1n) is 7.05. The van der Waals surface area contributed by atoms with Gasteiger partial charge in [-0.05, 0) is 30.3 Å². The van der Waals surface area contributed by atoms with Crippen LogP contribution in [0.5, 0.6) is 5.75 Å². The number of nitrogen functional groups attached to an aromatic ring is 1. The zero-order valence-electron chi connectivity index (χ0n) is 12.9. The summed E-state index contributed by atoms with van der Waals surface area (Å²) in [6, 6.07) is 9.64. The molecule has 0 aliphatic heterocycles. The maximum atomic E-state index is 12.1. The van der Waals surface area contributed by atoms with E-state index in [-0.39, 0.29) is 28.5 Å². The molecule has 0 saturated carbocycles. The van der Waals surface area contributed by atoms with Crippen LogP contribution in [-0.4, -0.2) is 39.7 Å². The Morgan fingerprint density at radius 2 is 1.88 bits per heavy atom. The van der Waals surface area contributed by atoms with Crippen molar-refractivity contribution in [1.29, 1.82) is 5.41 Å². The monoisotopic (exact) mass is 344 g/mol. The molecule has 0 radical (unpaired) electrons. The number of nitrogens with one attached hydrogen (secondary N) is 2. The van der Waals surface area contributed by atoms with Gasteiger partial charge in [0.15, 0.2) is 0 Å². The molecular formula is C16H16N4O5. The Labute approximate surface area is 142 Å². The Bertz CT molecular complexity index is 837. The second kappa shape index (κ2) is 7.32. The number of nitrogens with two attached hydrogens (primary N) is 1. The molecule has 0 aliphatic carbocycles. The maximum Gasteiger partial charge on any atom is 0.337 e. The predicted octanol–water partition coefficient (Wildman–Crippen LogP) is 1.21. The minimum Gasteiger partial charge on any atom is -0.506 e. The average molecular weight is 344 g/mol. The number of para-hydroxylation sites is 1. The van der Waals surface area contributed by atoms with Crippen LogP contribution in [0.2, 0.25) is 0 Å². The van der Waals surface area contributed by atoms with Crippen molar-refractivity contribution < 1.29 is 25.0 Å². The van der Waals surface area contributed by atoms with Gasteiger partial charge in [0.2, 0.25) is 5.91 Å². The number of phenols is 1. The van der Waals surface area contributed by atoms with Crippen molar-refractivity contribution in [2.45, 2.75) is 0 Å². The number of rotatable bonds is 6. The summed E-state index contributed by atoms with van der Waals surface area (Å²) < 4.78 is 0. The highest BCUT2D eigenvalue weighted by molar-refractivity contribution is 6.00. The van der Waals surface area contributed by atoms with Gasteiger partial charge < -0.3 is 21.3 Å². The number of phenolic OH excluding ortho intramolecular Hbond substituents is 1. The zero-order valence-corrected chi connectivity index (χ0v) is 12.9. The number of hydrogen-bond donors (Lipinski definition) is 6. The van der Waals surface area contributed by atoms with Gasteiger partial charge in [-0.15, -0.1) is 0 Å². The lowest BCUT2D eigenvalue weighted by Gasteiger charge is -2.18. The van der Waals surface area contributed by atoms with Crippen molar-refractivity contribution in [2.24, 2.45) is 5.73 Å². The fourth-order valence-corrected chi connectivity index (χ4v) is 2.09. The van der Waals surface area contributed by atoms with Gasteiger partial charge in [0.25, 0.3) is 0 Å². The van der Waals surface area contributed by atoms with E-state index in [0.29, 0.717) is 10.6 Å². The maximum absolute atomic E-state index is 12.1. The number of benzene rings is 2. The second-order valence-electron chi connectivity index (χ2n) is 5.07. The average Bonchev–Trinajstić information content (AvgIpc) is 2.56. The summed E-state index contributed by atoms with van der Waals surface area (Å²) in [6.07, 6.45) is 0. The first-order valence-corrected chi connectivity index (χ1v) is 7.05. The van der Waals surface area contributed by atoms with Gasteiger partial charge in [-0.25, -0.2) is 9.86 Å². The Hall–Kier alpha value is -3.59. The van der Waals surface area contributed by atoms with Gasteiger partial charge in [-0.2, -0.15) is 0 Å². The van der Waals surface area contributed by atoms with Crippen molar-refractivity contribution >= 4 is 29.1 Å². The van der Waals surface area contributed by atoms with Crippen molar-refractivity contribution in [3.8, 4) is 5.75 Å². The lowest BCUT2D eigenvalue weighted by atomic mass is 10.1. The number of carbonyl (C=O) groups is 2. The fourth-order valence-electron chi connectivity index (χ4n) is 2.09. The van der Waals surface area contributed by atoms with Crippen molar-refractivity contribution in [2.75, 3.05) is 16.9 Å². The van der Waals surface area contributed by atoms with Crippen molar-refractivity contribution in [1.82, 2.24) is 0 Å². The normalized spacial score (nSPS) is 10.1. The third-order valence-electron chi connectivity index (χ3n) is 3.29. The largest absolute Gasteiger partial charge is 0.506 e. The van der Waals surface area contributed by atoms with E-state index in [1.165, 1.54) is 42.5 Å². The standard InChI is InChI=1S/C16H16N4O5/c17-15(18)9-5-6-13(21)11(7-9)19-14(22)8-20(25)12-4-2-1-3-10(12)16(23)24/h1-7,21,25H,8H2,(H3,17,18)(H,19,22)(H,23,24). The van der Waals surface area contributed by atoms with Crippen LogP contribution >= 0.6 is 0 Å². The van der Waals surface area contributed by atoms with Crippen LogP contribution in [0.25, 0.3) is 0 Å². The van der Waals surface area contributed by atoms with E-state index in [9.17, 15) is 19.9 Å². The Kier molecular flexibility index (Phi) is 5.20. The molecule has 1 amide bonds. The molecule has 7 N–H and O–H groups in total. The zero-order chi connectivity index (χ0) is 18.6. The molecule has 0 aliphatic rings. The van der Waals surface area contributed by atoms with E-state index in [1.54, 1.807) is 0 Å². The topological polar surface area (TPSA) is 160 Å². The van der Waals surface area contributed by atoms with Crippen LogP contribution in [0.1, 0.15) is 15.9 Å². The number of anilines is 2. The molecule has 0 fully saturated rings. The van der Waals surface area contributed by atoms with Gasteiger partial charge in [0.05, 0.1) is 16.9 Å². The predicted molar refractivity (Wildman–Crippen MR) is 90.3 cm³/mol. The SMILES string of the molecule is N=C(N)c1ccc(O)c(NC(=O)CN(O)c2ccccc2C(=O)O)c1. The summed E-state index contributed by atoms with van der Waals surface area (Å²) in [5.41, 5.74) is 5.44. The van der Waals surface area contributed by atoms with E-state index < -0.39 is 18.4 Å². The van der Waals surface area contributed by atoms with Crippen molar-refractivity contribution in [3.63, 3.8) is 0 Å². The van der Waals surface area contributed by atoms with Gasteiger partial charge >= 0.3 is 5.97 Å². The molecule has 130 valence electrons. The number of amidine groups is 1. The van der Waals surface area contributed by atoms with Gasteiger partial charge in [-0.1, -0.05) is 12.1 Å². The van der Waals surface area contributed by atoms with Crippen molar-refractivity contribution in [3.05, 3.63) is 53.6 Å². The quantitative estimate of drug-likeness (QED) is 0.199. The number of nitrogens with zero attached hydrogens (tertiary/aromatic N) is 1. The number of carboxylic acids is 1. The third kappa shape index (κ3) is 4.24. The Morgan fingerprint density at radius 1 is 1.20 bits per heavy atom. The molecule has 0 saturated heterocycles. The molecule has 0 unspecified atom stereocenters. The summed E-state index contributed by atoms with van der Waals surface area (Å²) in [6.45, 7) is -0.575. The Morgan fingerprint density at radius 3 is 2.52 bits per heavy atom. The van der Waals surface area contributed by atoms with Gasteiger partial charge in [0, 0.05) is 5.56 Å². The number of hydroxylamine groups is 1. The molecule has 2 rings (SSSR count). The highest BCUT2D eigenvalue weighted by atomic mass is 16.5. The highest BCUT2D eigenvalue weighted by Gasteiger charge is 2.17. The molecule has 0 bridgehead atoms. The summed E-state index contributed by atoms with van der Waals surface area (Å²) >= 11 is 0. The van der Waals surface area contributed by atoms with E-state index in [0.717, 1.165) is 0 Å². The number of carboxylic acid groups (broad SMARTS) is 1. The molecule has 9 nitrogen and oxygen atoms in total. The lowest BCUT2D eigenvalue weighted by Crippen LogP contribution is -2.31. The van der Waals surface area contributed by atoms with Gasteiger partial charge in [-0.3, -0.25) is 15.4 Å². The van der Waals surface area contributed by atoms with Gasteiger partial charge in [0.1, 0.15) is 18.1 Å². The van der Waals surface area contributed by atoms with Crippen LogP contribution in [0, 0.1) is 5.41 Å². The molecule has 0 spiro atoms. The summed E-state index contributed by atoms with van der Waals surface area (Å²) in [4.78, 5) is 23.2. The van der Waals surface area contributed by atoms with E-state index in [2.05, 4.69) is 5.32 Å². The first kappa shape index (κ1) is 17.8. The minimum atomic E-state index is -1.25. The number of aromatic hydroxyl groups is 1. The summed E-state index contributed by atoms with van der Waals surface area (Å²) in [5.74, 6) is -2.44. The summed E-state index contributed by atoms with van der Waals surface area (Å²) in [5, 5.41) is 39.1. The van der Waals surface area contributed by atoms with E-state index in [4.69, 9.17) is 16.2 Å². The molecule has 0 heterocycles. The molecule has 25 heavy (non-hydrogen) atoms. The molecule has 2 aromatic rings. The highest BCUT2D eigenvalue weighted by Crippen LogP contribution is 2.24. The number of carbonyl (C=O) groups excluding carboxylic acids is 1. The first-order chi connectivity index (χ1) is 11.8. The van der Waals surface area contributed by atoms with Crippen LogP contribution in [0.3, 0.4) is 0 Å². The molecule has 9 heteroatoms. The number of aromatic carboxylic acids is 1. The second-order valence-corrected chi connectivity index (χ2v) is 5.07. The fraction of sp³-hybridized carbons (Fsp3) is 0.0625. The van der Waals surface area contributed by atoms with Crippen LogP contribution in [0.4, 0.5) is 11.4 Å². The van der Waals surface area contributed by atoms with Crippen LogP contribution in [0.15, 0.2) is 42.5 Å². The molecular weight excluding hydrogens is 328 g/mol.